The van der Waals surface area contributed by atoms with Crippen molar-refractivity contribution in [2.75, 3.05) is 6.54 Å². The van der Waals surface area contributed by atoms with E-state index < -0.39 is 18.0 Å². The second-order valence-corrected chi connectivity index (χ2v) is 5.21. The Bertz CT molecular complexity index is 518. The van der Waals surface area contributed by atoms with Crippen LogP contribution in [-0.2, 0) is 16.0 Å². The van der Waals surface area contributed by atoms with E-state index in [2.05, 4.69) is 12.2 Å². The number of hydrogen-bond acceptors (Lipinski definition) is 3. The lowest BCUT2D eigenvalue weighted by Gasteiger charge is -2.20. The van der Waals surface area contributed by atoms with Crippen LogP contribution >= 0.6 is 0 Å². The van der Waals surface area contributed by atoms with Gasteiger partial charge >= 0.3 is 5.97 Å². The Hall–Kier alpha value is -2.14. The van der Waals surface area contributed by atoms with Gasteiger partial charge in [-0.3, -0.25) is 9.59 Å². The largest absolute Gasteiger partial charge is 0.481 e. The molecule has 0 heterocycles. The number of carboxylic acid groups (broad SMARTS) is 1. The molecule has 1 amide bonds. The summed E-state index contributed by atoms with van der Waals surface area (Å²) in [4.78, 5) is 22.2. The summed E-state index contributed by atoms with van der Waals surface area (Å²) in [5, 5.41) is 20.9. The molecule has 114 valence electrons. The van der Waals surface area contributed by atoms with Crippen LogP contribution in [0, 0.1) is 0 Å². The van der Waals surface area contributed by atoms with Crippen molar-refractivity contribution >= 4 is 18.0 Å². The average Bonchev–Trinajstić information content (AvgIpc) is 2.42. The van der Waals surface area contributed by atoms with Crippen LogP contribution in [0.5, 0.6) is 0 Å². The molecule has 0 spiro atoms. The fourth-order valence-corrected chi connectivity index (χ4v) is 1.76. The number of carbonyl (C=O) groups excluding carboxylic acids is 1. The number of benzene rings is 1. The molecule has 1 aromatic rings. The average molecular weight is 291 g/mol. The fraction of sp³-hybridized carbons (Fsp3) is 0.375. The van der Waals surface area contributed by atoms with Crippen LogP contribution in [-0.4, -0.2) is 34.2 Å². The Kier molecular flexibility index (Phi) is 6.11. The summed E-state index contributed by atoms with van der Waals surface area (Å²) in [5.41, 5.74) is 0.666. The van der Waals surface area contributed by atoms with Gasteiger partial charge in [-0.15, -0.1) is 0 Å². The Labute approximate surface area is 124 Å². The van der Waals surface area contributed by atoms with Crippen LogP contribution in [0.3, 0.4) is 0 Å². The van der Waals surface area contributed by atoms with Gasteiger partial charge in [-0.05, 0) is 30.5 Å². The van der Waals surface area contributed by atoms with Crippen molar-refractivity contribution < 1.29 is 19.8 Å². The Morgan fingerprint density at radius 2 is 1.90 bits per heavy atom. The third-order valence-corrected chi connectivity index (χ3v) is 2.99. The molecule has 5 nitrogen and oxygen atoms in total. The van der Waals surface area contributed by atoms with Crippen molar-refractivity contribution in [3.63, 3.8) is 0 Å². The summed E-state index contributed by atoms with van der Waals surface area (Å²) in [6.07, 6.45) is 3.57. The van der Waals surface area contributed by atoms with Crippen molar-refractivity contribution in [1.82, 2.24) is 5.32 Å². The summed E-state index contributed by atoms with van der Waals surface area (Å²) in [6.45, 7) is 3.33. The standard InChI is InChI=1S/C16H21NO4/c1-3-12-4-6-13(7-5-12)8-9-14(18)17-11-16(2,21)10-15(19)20/h4-9,21H,3,10-11H2,1-2H3,(H,17,18)(H,19,20). The molecule has 0 fully saturated rings. The van der Waals surface area contributed by atoms with Crippen molar-refractivity contribution in [1.29, 1.82) is 0 Å². The van der Waals surface area contributed by atoms with E-state index in [0.29, 0.717) is 0 Å². The molecule has 5 heteroatoms. The summed E-state index contributed by atoms with van der Waals surface area (Å²) in [7, 11) is 0. The predicted molar refractivity (Wildman–Crippen MR) is 80.7 cm³/mol. The lowest BCUT2D eigenvalue weighted by Crippen LogP contribution is -2.41. The highest BCUT2D eigenvalue weighted by atomic mass is 16.4. The smallest absolute Gasteiger partial charge is 0.306 e. The van der Waals surface area contributed by atoms with E-state index in [1.807, 2.05) is 24.3 Å². The SMILES string of the molecule is CCc1ccc(C=CC(=O)NCC(C)(O)CC(=O)O)cc1. The van der Waals surface area contributed by atoms with Crippen LogP contribution in [0.1, 0.15) is 31.4 Å². The molecular weight excluding hydrogens is 270 g/mol. The first kappa shape index (κ1) is 16.9. The van der Waals surface area contributed by atoms with Gasteiger partial charge in [0.05, 0.1) is 12.0 Å². The summed E-state index contributed by atoms with van der Waals surface area (Å²) in [5.74, 6) is -1.49. The van der Waals surface area contributed by atoms with Gasteiger partial charge in [0.25, 0.3) is 0 Å². The highest BCUT2D eigenvalue weighted by Gasteiger charge is 2.24. The maximum atomic E-state index is 11.6. The summed E-state index contributed by atoms with van der Waals surface area (Å²) < 4.78 is 0. The van der Waals surface area contributed by atoms with Gasteiger partial charge in [0.15, 0.2) is 0 Å². The van der Waals surface area contributed by atoms with Gasteiger partial charge in [0, 0.05) is 12.6 Å². The van der Waals surface area contributed by atoms with Crippen molar-refractivity contribution in [3.8, 4) is 0 Å². The number of aryl methyl sites for hydroxylation is 1. The molecule has 0 aliphatic carbocycles. The minimum absolute atomic E-state index is 0.114. The van der Waals surface area contributed by atoms with E-state index in [9.17, 15) is 14.7 Å². The molecule has 1 aromatic carbocycles. The lowest BCUT2D eigenvalue weighted by molar-refractivity contribution is -0.142. The van der Waals surface area contributed by atoms with Gasteiger partial charge in [0.1, 0.15) is 0 Å². The topological polar surface area (TPSA) is 86.6 Å². The number of nitrogens with one attached hydrogen (secondary N) is 1. The first-order valence-corrected chi connectivity index (χ1v) is 6.81. The normalized spacial score (nSPS) is 13.9. The van der Waals surface area contributed by atoms with Crippen LogP contribution in [0.25, 0.3) is 6.08 Å². The molecule has 1 rings (SSSR count). The maximum absolute atomic E-state index is 11.6. The molecular formula is C16H21NO4. The number of carboxylic acids is 1. The number of aliphatic carboxylic acids is 1. The van der Waals surface area contributed by atoms with E-state index >= 15 is 0 Å². The highest BCUT2D eigenvalue weighted by molar-refractivity contribution is 5.91. The van der Waals surface area contributed by atoms with E-state index in [-0.39, 0.29) is 12.5 Å². The van der Waals surface area contributed by atoms with Gasteiger partial charge in [-0.2, -0.15) is 0 Å². The third kappa shape index (κ3) is 6.72. The van der Waals surface area contributed by atoms with Gasteiger partial charge in [0.2, 0.25) is 5.91 Å². The second-order valence-electron chi connectivity index (χ2n) is 5.21. The molecule has 0 aromatic heterocycles. The molecule has 0 aliphatic heterocycles. The quantitative estimate of drug-likeness (QED) is 0.666. The van der Waals surface area contributed by atoms with Crippen molar-refractivity contribution in [3.05, 3.63) is 41.5 Å². The number of carbonyl (C=O) groups is 2. The first-order chi connectivity index (χ1) is 9.82. The van der Waals surface area contributed by atoms with Gasteiger partial charge in [-0.1, -0.05) is 31.2 Å². The van der Waals surface area contributed by atoms with Crippen LogP contribution in [0.2, 0.25) is 0 Å². The molecule has 0 radical (unpaired) electrons. The van der Waals surface area contributed by atoms with Gasteiger partial charge < -0.3 is 15.5 Å². The third-order valence-electron chi connectivity index (χ3n) is 2.99. The van der Waals surface area contributed by atoms with E-state index in [1.54, 1.807) is 6.08 Å². The Balaban J connectivity index is 2.49. The lowest BCUT2D eigenvalue weighted by atomic mass is 10.0. The number of aliphatic hydroxyl groups is 1. The molecule has 1 unspecified atom stereocenters. The zero-order valence-corrected chi connectivity index (χ0v) is 12.3. The highest BCUT2D eigenvalue weighted by Crippen LogP contribution is 2.08. The second kappa shape index (κ2) is 7.59. The van der Waals surface area contributed by atoms with Gasteiger partial charge in [-0.25, -0.2) is 0 Å². The number of amides is 1. The summed E-state index contributed by atoms with van der Waals surface area (Å²) in [6, 6.07) is 7.83. The van der Waals surface area contributed by atoms with E-state index in [1.165, 1.54) is 18.6 Å². The molecule has 0 aliphatic rings. The minimum Gasteiger partial charge on any atom is -0.481 e. The fourth-order valence-electron chi connectivity index (χ4n) is 1.76. The molecule has 0 saturated heterocycles. The molecule has 21 heavy (non-hydrogen) atoms. The van der Waals surface area contributed by atoms with E-state index in [4.69, 9.17) is 5.11 Å². The molecule has 0 saturated carbocycles. The number of hydrogen-bond donors (Lipinski definition) is 3. The molecule has 0 bridgehead atoms. The van der Waals surface area contributed by atoms with Crippen molar-refractivity contribution in [2.45, 2.75) is 32.3 Å². The first-order valence-electron chi connectivity index (χ1n) is 6.81. The minimum atomic E-state index is -1.46. The van der Waals surface area contributed by atoms with Crippen LogP contribution < -0.4 is 5.32 Å². The Morgan fingerprint density at radius 1 is 1.29 bits per heavy atom. The maximum Gasteiger partial charge on any atom is 0.306 e. The molecule has 3 N–H and O–H groups in total. The van der Waals surface area contributed by atoms with Crippen LogP contribution in [0.4, 0.5) is 0 Å². The number of rotatable bonds is 7. The zero-order valence-electron chi connectivity index (χ0n) is 12.3. The van der Waals surface area contributed by atoms with Crippen molar-refractivity contribution in [2.24, 2.45) is 0 Å². The summed E-state index contributed by atoms with van der Waals surface area (Å²) >= 11 is 0. The monoisotopic (exact) mass is 291 g/mol. The molecule has 1 atom stereocenters. The van der Waals surface area contributed by atoms with E-state index in [0.717, 1.165) is 12.0 Å². The zero-order chi connectivity index (χ0) is 15.9. The Morgan fingerprint density at radius 3 is 2.43 bits per heavy atom. The predicted octanol–water partition coefficient (Wildman–Crippen LogP) is 1.60. The van der Waals surface area contributed by atoms with Crippen LogP contribution in [0.15, 0.2) is 30.3 Å².